The molecule has 1 aromatic heterocycles. The number of hydrogen-bond donors (Lipinski definition) is 3. The second-order valence-electron chi connectivity index (χ2n) is 6.76. The van der Waals surface area contributed by atoms with E-state index in [1.54, 1.807) is 4.90 Å². The van der Waals surface area contributed by atoms with Gasteiger partial charge in [0.2, 0.25) is 10.0 Å². The molecular weight excluding hydrogens is 364 g/mol. The third kappa shape index (κ3) is 4.55. The molecule has 1 aromatic rings. The average Bonchev–Trinajstić information content (AvgIpc) is 3.34. The summed E-state index contributed by atoms with van der Waals surface area (Å²) in [6.07, 6.45) is 7.65. The number of aromatic amines is 1. The molecule has 3 rings (SSSR count). The first-order valence-electron chi connectivity index (χ1n) is 8.71. The highest BCUT2D eigenvalue weighted by Gasteiger charge is 2.29. The summed E-state index contributed by atoms with van der Waals surface area (Å²) in [5.41, 5.74) is 6.10. The van der Waals surface area contributed by atoms with E-state index in [0.717, 1.165) is 51.6 Å². The predicted octanol–water partition coefficient (Wildman–Crippen LogP) is 1.47. The maximum absolute atomic E-state index is 12.6. The van der Waals surface area contributed by atoms with Crippen LogP contribution in [0.3, 0.4) is 0 Å². The van der Waals surface area contributed by atoms with Crippen molar-refractivity contribution in [1.82, 2.24) is 14.6 Å². The zero-order chi connectivity index (χ0) is 17.2. The van der Waals surface area contributed by atoms with E-state index in [4.69, 9.17) is 5.73 Å². The fourth-order valence-electron chi connectivity index (χ4n) is 3.71. The Labute approximate surface area is 155 Å². The number of carbonyl (C=O) groups is 1. The molecule has 25 heavy (non-hydrogen) atoms. The van der Waals surface area contributed by atoms with Crippen LogP contribution in [-0.2, 0) is 10.0 Å². The summed E-state index contributed by atoms with van der Waals surface area (Å²) in [5, 5.41) is 0. The van der Waals surface area contributed by atoms with Gasteiger partial charge in [0, 0.05) is 31.9 Å². The number of halogens is 1. The number of nitrogens with one attached hydrogen (secondary N) is 2. The molecule has 2 aliphatic rings. The Balaban J connectivity index is 0.00000225. The van der Waals surface area contributed by atoms with Gasteiger partial charge in [-0.1, -0.05) is 12.8 Å². The van der Waals surface area contributed by atoms with Crippen LogP contribution in [0.5, 0.6) is 0 Å². The largest absolute Gasteiger partial charge is 0.356 e. The summed E-state index contributed by atoms with van der Waals surface area (Å²) in [6.45, 7) is 1.75. The van der Waals surface area contributed by atoms with Gasteiger partial charge in [-0.3, -0.25) is 4.79 Å². The first kappa shape index (κ1) is 20.2. The topological polar surface area (TPSA) is 108 Å². The van der Waals surface area contributed by atoms with Crippen LogP contribution in [0.4, 0.5) is 0 Å². The van der Waals surface area contributed by atoms with Crippen molar-refractivity contribution in [1.29, 1.82) is 0 Å². The van der Waals surface area contributed by atoms with Gasteiger partial charge in [-0.2, -0.15) is 0 Å². The molecule has 142 valence electrons. The normalized spacial score (nSPS) is 19.8. The summed E-state index contributed by atoms with van der Waals surface area (Å²) in [5.74, 6) is 0.162. The van der Waals surface area contributed by atoms with E-state index in [-0.39, 0.29) is 35.8 Å². The van der Waals surface area contributed by atoms with E-state index in [9.17, 15) is 13.2 Å². The van der Waals surface area contributed by atoms with Gasteiger partial charge in [-0.05, 0) is 37.7 Å². The van der Waals surface area contributed by atoms with Crippen LogP contribution in [0, 0.1) is 5.92 Å². The molecule has 4 N–H and O–H groups in total. The Morgan fingerprint density at radius 3 is 2.52 bits per heavy atom. The summed E-state index contributed by atoms with van der Waals surface area (Å²) in [6, 6.07) is 1.18. The van der Waals surface area contributed by atoms with Crippen molar-refractivity contribution in [3.05, 3.63) is 18.0 Å². The monoisotopic (exact) mass is 390 g/mol. The SMILES string of the molecule is Cl.NCC(NS(=O)(=O)c1c[nH]c(C(=O)N2CCCC2)c1)C1CCCC1. The molecule has 9 heteroatoms. The van der Waals surface area contributed by atoms with Gasteiger partial charge in [0.15, 0.2) is 0 Å². The van der Waals surface area contributed by atoms with E-state index < -0.39 is 10.0 Å². The Morgan fingerprint density at radius 2 is 1.92 bits per heavy atom. The van der Waals surface area contributed by atoms with Crippen LogP contribution >= 0.6 is 12.4 Å². The molecule has 1 unspecified atom stereocenters. The van der Waals surface area contributed by atoms with E-state index in [1.807, 2.05) is 0 Å². The lowest BCUT2D eigenvalue weighted by Crippen LogP contribution is -2.44. The predicted molar refractivity (Wildman–Crippen MR) is 98.3 cm³/mol. The minimum atomic E-state index is -3.68. The van der Waals surface area contributed by atoms with Crippen LogP contribution < -0.4 is 10.5 Å². The first-order chi connectivity index (χ1) is 11.5. The minimum absolute atomic E-state index is 0. The van der Waals surface area contributed by atoms with Crippen molar-refractivity contribution in [2.75, 3.05) is 19.6 Å². The number of rotatable bonds is 6. The van der Waals surface area contributed by atoms with Gasteiger partial charge in [-0.25, -0.2) is 13.1 Å². The molecule has 1 saturated carbocycles. The molecule has 2 heterocycles. The molecule has 1 amide bonds. The van der Waals surface area contributed by atoms with E-state index in [2.05, 4.69) is 9.71 Å². The molecule has 0 radical (unpaired) electrons. The number of likely N-dealkylation sites (tertiary alicyclic amines) is 1. The molecule has 0 spiro atoms. The molecule has 1 atom stereocenters. The maximum Gasteiger partial charge on any atom is 0.270 e. The van der Waals surface area contributed by atoms with Gasteiger partial charge >= 0.3 is 0 Å². The smallest absolute Gasteiger partial charge is 0.270 e. The molecule has 0 bridgehead atoms. The summed E-state index contributed by atoms with van der Waals surface area (Å²) in [7, 11) is -3.68. The second-order valence-corrected chi connectivity index (χ2v) is 8.47. The number of nitrogens with zero attached hydrogens (tertiary/aromatic N) is 1. The number of hydrogen-bond acceptors (Lipinski definition) is 4. The number of aromatic nitrogens is 1. The average molecular weight is 391 g/mol. The van der Waals surface area contributed by atoms with Gasteiger partial charge in [0.05, 0.1) is 0 Å². The Hall–Kier alpha value is -1.09. The molecule has 1 aliphatic heterocycles. The summed E-state index contributed by atoms with van der Waals surface area (Å²) in [4.78, 5) is 17.0. The number of nitrogens with two attached hydrogens (primary N) is 1. The second kappa shape index (κ2) is 8.53. The van der Waals surface area contributed by atoms with Crippen molar-refractivity contribution >= 4 is 28.3 Å². The lowest BCUT2D eigenvalue weighted by atomic mass is 9.99. The highest BCUT2D eigenvalue weighted by Crippen LogP contribution is 2.28. The zero-order valence-electron chi connectivity index (χ0n) is 14.2. The fraction of sp³-hybridized carbons (Fsp3) is 0.688. The molecule has 7 nitrogen and oxygen atoms in total. The number of H-pyrrole nitrogens is 1. The van der Waals surface area contributed by atoms with Gasteiger partial charge in [-0.15, -0.1) is 12.4 Å². The number of sulfonamides is 1. The number of carbonyl (C=O) groups excluding carboxylic acids is 1. The van der Waals surface area contributed by atoms with Crippen LogP contribution in [0.25, 0.3) is 0 Å². The summed E-state index contributed by atoms with van der Waals surface area (Å²) < 4.78 is 27.9. The third-order valence-corrected chi connectivity index (χ3v) is 6.59. The van der Waals surface area contributed by atoms with E-state index in [1.165, 1.54) is 12.3 Å². The van der Waals surface area contributed by atoms with Crippen molar-refractivity contribution in [3.8, 4) is 0 Å². The van der Waals surface area contributed by atoms with Gasteiger partial charge in [0.25, 0.3) is 5.91 Å². The van der Waals surface area contributed by atoms with E-state index >= 15 is 0 Å². The molecule has 1 saturated heterocycles. The Bertz CT molecular complexity index is 679. The third-order valence-electron chi connectivity index (χ3n) is 5.12. The summed E-state index contributed by atoms with van der Waals surface area (Å²) >= 11 is 0. The lowest BCUT2D eigenvalue weighted by molar-refractivity contribution is 0.0787. The van der Waals surface area contributed by atoms with Crippen LogP contribution in [0.15, 0.2) is 17.2 Å². The Kier molecular flexibility index (Phi) is 6.90. The highest BCUT2D eigenvalue weighted by molar-refractivity contribution is 7.89. The van der Waals surface area contributed by atoms with Gasteiger partial charge < -0.3 is 15.6 Å². The Morgan fingerprint density at radius 1 is 1.28 bits per heavy atom. The van der Waals surface area contributed by atoms with Crippen molar-refractivity contribution in [3.63, 3.8) is 0 Å². The molecule has 1 aliphatic carbocycles. The lowest BCUT2D eigenvalue weighted by Gasteiger charge is -2.22. The fourth-order valence-corrected chi connectivity index (χ4v) is 5.02. The highest BCUT2D eigenvalue weighted by atomic mass is 35.5. The molecule has 0 aromatic carbocycles. The first-order valence-corrected chi connectivity index (χ1v) is 10.2. The van der Waals surface area contributed by atoms with Crippen LogP contribution in [0.1, 0.15) is 49.0 Å². The number of amides is 1. The van der Waals surface area contributed by atoms with Gasteiger partial charge in [0.1, 0.15) is 10.6 Å². The zero-order valence-corrected chi connectivity index (χ0v) is 15.9. The molecular formula is C16H27ClN4O3S. The van der Waals surface area contributed by atoms with Crippen LogP contribution in [-0.4, -0.2) is 49.9 Å². The van der Waals surface area contributed by atoms with Crippen molar-refractivity contribution < 1.29 is 13.2 Å². The quantitative estimate of drug-likeness (QED) is 0.683. The minimum Gasteiger partial charge on any atom is -0.356 e. The standard InChI is InChI=1S/C16H26N4O3S.ClH/c17-10-15(12-5-1-2-6-12)19-24(22,23)13-9-14(18-11-13)16(21)20-7-3-4-8-20;/h9,11-12,15,18-19H,1-8,10,17H2;1H. The van der Waals surface area contributed by atoms with Crippen molar-refractivity contribution in [2.24, 2.45) is 11.7 Å². The van der Waals surface area contributed by atoms with Crippen molar-refractivity contribution in [2.45, 2.75) is 49.5 Å². The maximum atomic E-state index is 12.6. The van der Waals surface area contributed by atoms with Crippen LogP contribution in [0.2, 0.25) is 0 Å². The molecule has 2 fully saturated rings. The van der Waals surface area contributed by atoms with E-state index in [0.29, 0.717) is 11.6 Å².